The maximum Gasteiger partial charge on any atom is 0.322 e. The van der Waals surface area contributed by atoms with Crippen molar-refractivity contribution in [2.24, 2.45) is 0 Å². The van der Waals surface area contributed by atoms with Crippen LogP contribution in [0, 0.1) is 0 Å². The summed E-state index contributed by atoms with van der Waals surface area (Å²) < 4.78 is 5.92. The van der Waals surface area contributed by atoms with Gasteiger partial charge in [-0.05, 0) is 38.5 Å². The molecular weight excluding hydrogens is 586 g/mol. The Morgan fingerprint density at radius 1 is 0.468 bits per heavy atom. The Hall–Kier alpha value is -1.59. The first-order valence-electron chi connectivity index (χ1n) is 20.7. The molecule has 0 bridgehead atoms. The number of esters is 1. The van der Waals surface area contributed by atoms with Crippen molar-refractivity contribution in [1.29, 1.82) is 0 Å². The highest BCUT2D eigenvalue weighted by atomic mass is 16.5. The molecule has 0 aromatic carbocycles. The molecule has 0 heterocycles. The van der Waals surface area contributed by atoms with Gasteiger partial charge in [0, 0.05) is 12.8 Å². The lowest BCUT2D eigenvalue weighted by Gasteiger charge is -2.18. The molecule has 1 atom stereocenters. The van der Waals surface area contributed by atoms with Gasteiger partial charge in [-0.2, -0.15) is 0 Å². The van der Waals surface area contributed by atoms with Crippen molar-refractivity contribution < 1.29 is 24.2 Å². The average Bonchev–Trinajstić information content (AvgIpc) is 3.05. The minimum atomic E-state index is -1.02. The van der Waals surface area contributed by atoms with Crippen LogP contribution in [0.4, 0.5) is 0 Å². The third-order valence-corrected chi connectivity index (χ3v) is 9.53. The van der Waals surface area contributed by atoms with Gasteiger partial charge in [-0.25, -0.2) is 0 Å². The lowest BCUT2D eigenvalue weighted by Crippen LogP contribution is -2.28. The number of nitrogens with one attached hydrogen (secondary N) is 1. The summed E-state index contributed by atoms with van der Waals surface area (Å²) >= 11 is 0. The first-order valence-corrected chi connectivity index (χ1v) is 20.7. The van der Waals surface area contributed by atoms with Gasteiger partial charge < -0.3 is 15.2 Å². The second kappa shape index (κ2) is 37.2. The number of hydrogen-bond acceptors (Lipinski definition) is 4. The van der Waals surface area contributed by atoms with E-state index in [0.29, 0.717) is 12.8 Å². The number of unbranched alkanes of at least 4 members (excludes halogenated alkanes) is 27. The summed E-state index contributed by atoms with van der Waals surface area (Å²) in [6.45, 7) is 4.18. The fraction of sp³-hybridized carbons (Fsp3) is 0.927. The summed E-state index contributed by atoms with van der Waals surface area (Å²) in [5.41, 5.74) is 0. The van der Waals surface area contributed by atoms with Crippen molar-refractivity contribution in [3.05, 3.63) is 0 Å². The van der Waals surface area contributed by atoms with Crippen LogP contribution in [0.2, 0.25) is 0 Å². The summed E-state index contributed by atoms with van der Waals surface area (Å²) in [7, 11) is 0. The quantitative estimate of drug-likeness (QED) is 0.0506. The van der Waals surface area contributed by atoms with Gasteiger partial charge in [-0.3, -0.25) is 14.4 Å². The Morgan fingerprint density at radius 2 is 0.787 bits per heavy atom. The molecule has 0 fully saturated rings. The number of carboxylic acids is 1. The smallest absolute Gasteiger partial charge is 0.322 e. The van der Waals surface area contributed by atoms with Crippen molar-refractivity contribution in [3.8, 4) is 0 Å². The van der Waals surface area contributed by atoms with Crippen LogP contribution in [0.5, 0.6) is 0 Å². The second-order valence-electron chi connectivity index (χ2n) is 14.3. The van der Waals surface area contributed by atoms with E-state index in [0.717, 1.165) is 57.8 Å². The number of rotatable bonds is 38. The van der Waals surface area contributed by atoms with Crippen LogP contribution < -0.4 is 5.32 Å². The predicted molar refractivity (Wildman–Crippen MR) is 199 cm³/mol. The van der Waals surface area contributed by atoms with E-state index in [4.69, 9.17) is 9.84 Å². The molecule has 1 amide bonds. The van der Waals surface area contributed by atoms with Crippen molar-refractivity contribution >= 4 is 17.8 Å². The molecule has 0 aromatic heterocycles. The number of hydrogen-bond donors (Lipinski definition) is 2. The van der Waals surface area contributed by atoms with Crippen molar-refractivity contribution in [1.82, 2.24) is 5.32 Å². The van der Waals surface area contributed by atoms with E-state index >= 15 is 0 Å². The molecule has 0 spiro atoms. The topological polar surface area (TPSA) is 92.7 Å². The standard InChI is InChI=1S/C41H79NO5/c1-3-5-7-9-10-11-12-13-14-15-16-17-18-19-20-21-22-23-24-25-26-32-36-41(46)47-38(33-29-8-6-4-2)34-30-27-28-31-35-39(43)42-37-40(44)45/h38H,3-37H2,1-2H3,(H,42,43)(H,44,45). The van der Waals surface area contributed by atoms with Gasteiger partial charge in [0.2, 0.25) is 5.91 Å². The highest BCUT2D eigenvalue weighted by Gasteiger charge is 2.14. The molecule has 0 aromatic rings. The van der Waals surface area contributed by atoms with E-state index in [2.05, 4.69) is 19.2 Å². The Morgan fingerprint density at radius 3 is 1.17 bits per heavy atom. The highest BCUT2D eigenvalue weighted by molar-refractivity contribution is 5.80. The summed E-state index contributed by atoms with van der Waals surface area (Å²) in [4.78, 5) is 34.7. The summed E-state index contributed by atoms with van der Waals surface area (Å²) in [5.74, 6) is -1.26. The molecule has 6 heteroatoms. The SMILES string of the molecule is CCCCCCCCCCCCCCCCCCCCCCCCC(=O)OC(CCCCCC)CCCCCCC(=O)NCC(=O)O. The van der Waals surface area contributed by atoms with E-state index in [9.17, 15) is 14.4 Å². The van der Waals surface area contributed by atoms with Crippen molar-refractivity contribution in [2.75, 3.05) is 6.54 Å². The zero-order valence-electron chi connectivity index (χ0n) is 31.4. The molecule has 0 aliphatic carbocycles. The lowest BCUT2D eigenvalue weighted by molar-refractivity contribution is -0.150. The van der Waals surface area contributed by atoms with Crippen molar-refractivity contribution in [2.45, 2.75) is 238 Å². The maximum absolute atomic E-state index is 12.6. The maximum atomic E-state index is 12.6. The van der Waals surface area contributed by atoms with Gasteiger partial charge in [0.05, 0.1) is 0 Å². The van der Waals surface area contributed by atoms with E-state index in [-0.39, 0.29) is 24.5 Å². The molecule has 0 rings (SSSR count). The third kappa shape index (κ3) is 37.1. The van der Waals surface area contributed by atoms with E-state index in [1.54, 1.807) is 0 Å². The number of aliphatic carboxylic acids is 1. The first-order chi connectivity index (χ1) is 23.0. The third-order valence-electron chi connectivity index (χ3n) is 9.53. The van der Waals surface area contributed by atoms with Crippen LogP contribution >= 0.6 is 0 Å². The lowest BCUT2D eigenvalue weighted by atomic mass is 10.0. The number of carbonyl (C=O) groups is 3. The van der Waals surface area contributed by atoms with Gasteiger partial charge in [-0.15, -0.1) is 0 Å². The molecule has 47 heavy (non-hydrogen) atoms. The van der Waals surface area contributed by atoms with Gasteiger partial charge in [0.25, 0.3) is 0 Å². The van der Waals surface area contributed by atoms with E-state index in [1.807, 2.05) is 0 Å². The normalized spacial score (nSPS) is 11.9. The van der Waals surface area contributed by atoms with Crippen LogP contribution in [0.1, 0.15) is 232 Å². The molecule has 0 saturated carbocycles. The molecule has 6 nitrogen and oxygen atoms in total. The average molecular weight is 666 g/mol. The number of ether oxygens (including phenoxy) is 1. The Bertz CT molecular complexity index is 697. The van der Waals surface area contributed by atoms with E-state index in [1.165, 1.54) is 148 Å². The monoisotopic (exact) mass is 666 g/mol. The predicted octanol–water partition coefficient (Wildman–Crippen LogP) is 12.4. The molecular formula is C41H79NO5. The minimum Gasteiger partial charge on any atom is -0.480 e. The molecule has 2 N–H and O–H groups in total. The highest BCUT2D eigenvalue weighted by Crippen LogP contribution is 2.19. The molecule has 0 radical (unpaired) electrons. The van der Waals surface area contributed by atoms with Gasteiger partial charge in [-0.1, -0.05) is 181 Å². The molecule has 0 aliphatic heterocycles. The molecule has 0 aliphatic rings. The Kier molecular flexibility index (Phi) is 36.0. The summed E-state index contributed by atoms with van der Waals surface area (Å²) in [6.07, 6.45) is 41.2. The van der Waals surface area contributed by atoms with Gasteiger partial charge in [0.15, 0.2) is 0 Å². The van der Waals surface area contributed by atoms with Gasteiger partial charge >= 0.3 is 11.9 Å². The van der Waals surface area contributed by atoms with Gasteiger partial charge in [0.1, 0.15) is 12.6 Å². The zero-order chi connectivity index (χ0) is 34.5. The summed E-state index contributed by atoms with van der Waals surface area (Å²) in [6, 6.07) is 0. The largest absolute Gasteiger partial charge is 0.480 e. The van der Waals surface area contributed by atoms with Crippen LogP contribution in [-0.4, -0.2) is 35.6 Å². The minimum absolute atomic E-state index is 0.0120. The zero-order valence-corrected chi connectivity index (χ0v) is 31.4. The number of carbonyl (C=O) groups excluding carboxylic acids is 2. The van der Waals surface area contributed by atoms with Crippen LogP contribution in [0.15, 0.2) is 0 Å². The second-order valence-corrected chi connectivity index (χ2v) is 14.3. The molecule has 278 valence electrons. The van der Waals surface area contributed by atoms with Crippen LogP contribution in [0.3, 0.4) is 0 Å². The van der Waals surface area contributed by atoms with Crippen LogP contribution in [-0.2, 0) is 19.1 Å². The van der Waals surface area contributed by atoms with E-state index < -0.39 is 5.97 Å². The molecule has 0 saturated heterocycles. The Balaban J connectivity index is 3.68. The number of carboxylic acid groups (broad SMARTS) is 1. The fourth-order valence-corrected chi connectivity index (χ4v) is 6.46. The molecule has 1 unspecified atom stereocenters. The fourth-order valence-electron chi connectivity index (χ4n) is 6.46. The Labute approximate surface area is 291 Å². The van der Waals surface area contributed by atoms with Crippen LogP contribution in [0.25, 0.3) is 0 Å². The first kappa shape index (κ1) is 45.4. The van der Waals surface area contributed by atoms with Crippen molar-refractivity contribution in [3.63, 3.8) is 0 Å². The summed E-state index contributed by atoms with van der Waals surface area (Å²) in [5, 5.41) is 11.0. The number of amides is 1.